The Bertz CT molecular complexity index is 581. The highest BCUT2D eigenvalue weighted by molar-refractivity contribution is 5.29. The Morgan fingerprint density at radius 1 is 0.955 bits per heavy atom. The monoisotopic (exact) mass is 299 g/mol. The maximum absolute atomic E-state index is 5.71. The van der Waals surface area contributed by atoms with Crippen molar-refractivity contribution in [2.24, 2.45) is 0 Å². The van der Waals surface area contributed by atoms with Crippen molar-refractivity contribution in [1.29, 1.82) is 0 Å². The van der Waals surface area contributed by atoms with Crippen LogP contribution in [0.4, 0.5) is 0 Å². The molecule has 22 heavy (non-hydrogen) atoms. The molecule has 0 amide bonds. The van der Waals surface area contributed by atoms with E-state index in [4.69, 9.17) is 9.47 Å². The van der Waals surface area contributed by atoms with Crippen molar-refractivity contribution >= 4 is 0 Å². The van der Waals surface area contributed by atoms with Crippen molar-refractivity contribution in [3.8, 4) is 11.5 Å². The fraction of sp³-hybridized carbons (Fsp3) is 0.368. The summed E-state index contributed by atoms with van der Waals surface area (Å²) >= 11 is 0. The summed E-state index contributed by atoms with van der Waals surface area (Å²) in [5, 5.41) is 3.47. The third-order valence-corrected chi connectivity index (χ3v) is 3.32. The van der Waals surface area contributed by atoms with Crippen LogP contribution in [-0.4, -0.2) is 19.8 Å². The van der Waals surface area contributed by atoms with Crippen LogP contribution in [0.15, 0.2) is 48.5 Å². The Morgan fingerprint density at radius 2 is 1.64 bits per heavy atom. The molecule has 0 atom stereocenters. The molecule has 0 aromatic heterocycles. The van der Waals surface area contributed by atoms with Crippen LogP contribution in [0.1, 0.15) is 25.0 Å². The molecular formula is C19H25NO2. The van der Waals surface area contributed by atoms with Crippen LogP contribution in [-0.2, 0) is 13.0 Å². The second kappa shape index (κ2) is 8.44. The average molecular weight is 299 g/mol. The molecule has 1 N–H and O–H groups in total. The van der Waals surface area contributed by atoms with E-state index in [-0.39, 0.29) is 6.10 Å². The first-order valence-corrected chi connectivity index (χ1v) is 7.76. The first-order chi connectivity index (χ1) is 10.7. The van der Waals surface area contributed by atoms with Gasteiger partial charge in [0.05, 0.1) is 13.2 Å². The number of hydrogen-bond acceptors (Lipinski definition) is 3. The Balaban J connectivity index is 1.78. The van der Waals surface area contributed by atoms with E-state index in [1.165, 1.54) is 11.1 Å². The van der Waals surface area contributed by atoms with Crippen molar-refractivity contribution in [2.45, 2.75) is 32.9 Å². The molecule has 3 nitrogen and oxygen atoms in total. The highest BCUT2D eigenvalue weighted by atomic mass is 16.5. The molecule has 0 saturated heterocycles. The van der Waals surface area contributed by atoms with Gasteiger partial charge in [-0.3, -0.25) is 0 Å². The number of benzene rings is 2. The van der Waals surface area contributed by atoms with Gasteiger partial charge in [-0.2, -0.15) is 0 Å². The van der Waals surface area contributed by atoms with Gasteiger partial charge in [-0.1, -0.05) is 24.3 Å². The number of methoxy groups -OCH3 is 1. The molecule has 2 aromatic rings. The summed E-state index contributed by atoms with van der Waals surface area (Å²) in [5.41, 5.74) is 2.52. The zero-order chi connectivity index (χ0) is 15.8. The SMILES string of the molecule is COc1cccc(CCNCc2cccc(OC(C)C)c2)c1. The molecule has 0 saturated carbocycles. The van der Waals surface area contributed by atoms with Gasteiger partial charge in [-0.05, 0) is 62.2 Å². The molecular weight excluding hydrogens is 274 g/mol. The fourth-order valence-corrected chi connectivity index (χ4v) is 2.29. The minimum absolute atomic E-state index is 0.205. The summed E-state index contributed by atoms with van der Waals surface area (Å²) in [7, 11) is 1.70. The summed E-state index contributed by atoms with van der Waals surface area (Å²) in [6, 6.07) is 16.5. The van der Waals surface area contributed by atoms with E-state index in [2.05, 4.69) is 29.6 Å². The van der Waals surface area contributed by atoms with Gasteiger partial charge in [0.2, 0.25) is 0 Å². The molecule has 2 rings (SSSR count). The number of nitrogens with one attached hydrogen (secondary N) is 1. The van der Waals surface area contributed by atoms with E-state index in [0.29, 0.717) is 0 Å². The molecule has 0 radical (unpaired) electrons. The van der Waals surface area contributed by atoms with E-state index < -0.39 is 0 Å². The smallest absolute Gasteiger partial charge is 0.120 e. The predicted octanol–water partition coefficient (Wildman–Crippen LogP) is 3.81. The molecule has 0 aliphatic heterocycles. The molecule has 0 spiro atoms. The zero-order valence-electron chi connectivity index (χ0n) is 13.6. The minimum Gasteiger partial charge on any atom is -0.497 e. The lowest BCUT2D eigenvalue weighted by Crippen LogP contribution is -2.16. The summed E-state index contributed by atoms with van der Waals surface area (Å²) in [6.45, 7) is 5.86. The lowest BCUT2D eigenvalue weighted by atomic mass is 10.1. The maximum Gasteiger partial charge on any atom is 0.120 e. The van der Waals surface area contributed by atoms with Gasteiger partial charge in [-0.25, -0.2) is 0 Å². The molecule has 0 aliphatic rings. The van der Waals surface area contributed by atoms with Gasteiger partial charge >= 0.3 is 0 Å². The molecule has 118 valence electrons. The Labute approximate surface area is 133 Å². The molecule has 0 bridgehead atoms. The molecule has 0 unspecified atom stereocenters. The van der Waals surface area contributed by atoms with Gasteiger partial charge in [0, 0.05) is 6.54 Å². The summed E-state index contributed by atoms with van der Waals surface area (Å²) in [4.78, 5) is 0. The fourth-order valence-electron chi connectivity index (χ4n) is 2.29. The zero-order valence-corrected chi connectivity index (χ0v) is 13.6. The first-order valence-electron chi connectivity index (χ1n) is 7.76. The van der Waals surface area contributed by atoms with Crippen LogP contribution < -0.4 is 14.8 Å². The quantitative estimate of drug-likeness (QED) is 0.752. The van der Waals surface area contributed by atoms with E-state index >= 15 is 0 Å². The topological polar surface area (TPSA) is 30.5 Å². The van der Waals surface area contributed by atoms with Crippen molar-refractivity contribution in [1.82, 2.24) is 5.32 Å². The van der Waals surface area contributed by atoms with Crippen LogP contribution >= 0.6 is 0 Å². The van der Waals surface area contributed by atoms with Gasteiger partial charge in [0.25, 0.3) is 0 Å². The molecule has 0 fully saturated rings. The van der Waals surface area contributed by atoms with Crippen molar-refractivity contribution in [3.63, 3.8) is 0 Å². The third-order valence-electron chi connectivity index (χ3n) is 3.32. The standard InChI is InChI=1S/C19H25NO2/c1-15(2)22-19-9-5-7-17(13-19)14-20-11-10-16-6-4-8-18(12-16)21-3/h4-9,12-13,15,20H,10-11,14H2,1-3H3. The highest BCUT2D eigenvalue weighted by Gasteiger charge is 2.00. The van der Waals surface area contributed by atoms with Crippen LogP contribution in [0.25, 0.3) is 0 Å². The first kappa shape index (κ1) is 16.4. The Hall–Kier alpha value is -2.00. The van der Waals surface area contributed by atoms with Crippen LogP contribution in [0.5, 0.6) is 11.5 Å². The Kier molecular flexibility index (Phi) is 6.28. The van der Waals surface area contributed by atoms with E-state index in [0.717, 1.165) is 31.0 Å². The van der Waals surface area contributed by atoms with Gasteiger partial charge < -0.3 is 14.8 Å². The van der Waals surface area contributed by atoms with E-state index in [9.17, 15) is 0 Å². The normalized spacial score (nSPS) is 10.7. The lowest BCUT2D eigenvalue weighted by molar-refractivity contribution is 0.242. The summed E-state index contributed by atoms with van der Waals surface area (Å²) in [5.74, 6) is 1.85. The predicted molar refractivity (Wildman–Crippen MR) is 90.6 cm³/mol. The molecule has 0 aliphatic carbocycles. The lowest BCUT2D eigenvalue weighted by Gasteiger charge is -2.11. The Morgan fingerprint density at radius 3 is 2.36 bits per heavy atom. The summed E-state index contributed by atoms with van der Waals surface area (Å²) < 4.78 is 11.0. The van der Waals surface area contributed by atoms with Crippen molar-refractivity contribution in [3.05, 3.63) is 59.7 Å². The number of hydrogen-bond donors (Lipinski definition) is 1. The van der Waals surface area contributed by atoms with Crippen LogP contribution in [0.2, 0.25) is 0 Å². The molecule has 0 heterocycles. The van der Waals surface area contributed by atoms with Crippen molar-refractivity contribution in [2.75, 3.05) is 13.7 Å². The van der Waals surface area contributed by atoms with Gasteiger partial charge in [0.15, 0.2) is 0 Å². The second-order valence-corrected chi connectivity index (χ2v) is 5.59. The van der Waals surface area contributed by atoms with Gasteiger partial charge in [-0.15, -0.1) is 0 Å². The van der Waals surface area contributed by atoms with E-state index in [1.807, 2.05) is 38.1 Å². The minimum atomic E-state index is 0.205. The van der Waals surface area contributed by atoms with E-state index in [1.54, 1.807) is 7.11 Å². The largest absolute Gasteiger partial charge is 0.497 e. The van der Waals surface area contributed by atoms with Gasteiger partial charge in [0.1, 0.15) is 11.5 Å². The number of ether oxygens (including phenoxy) is 2. The van der Waals surface area contributed by atoms with Crippen molar-refractivity contribution < 1.29 is 9.47 Å². The maximum atomic E-state index is 5.71. The number of rotatable bonds is 8. The average Bonchev–Trinajstić information content (AvgIpc) is 2.51. The second-order valence-electron chi connectivity index (χ2n) is 5.59. The highest BCUT2D eigenvalue weighted by Crippen LogP contribution is 2.15. The third kappa shape index (κ3) is 5.41. The van der Waals surface area contributed by atoms with Crippen LogP contribution in [0, 0.1) is 0 Å². The molecule has 3 heteroatoms. The van der Waals surface area contributed by atoms with Crippen LogP contribution in [0.3, 0.4) is 0 Å². The summed E-state index contributed by atoms with van der Waals surface area (Å²) in [6.07, 6.45) is 1.19. The molecule has 2 aromatic carbocycles.